The molecule has 1 aromatic rings. The van der Waals surface area contributed by atoms with Crippen LogP contribution in [0.5, 0.6) is 0 Å². The number of ketones is 1. The number of hydrogen-bond donors (Lipinski definition) is 5. The van der Waals surface area contributed by atoms with Gasteiger partial charge in [-0.15, -0.1) is 0 Å². The average molecular weight is 803 g/mol. The number of carbonyl (C=O) groups excluding carboxylic acids is 7. The molecule has 2 atom stereocenters. The maximum Gasteiger partial charge on any atom is 0.407 e. The molecule has 2 rings (SSSR count). The summed E-state index contributed by atoms with van der Waals surface area (Å²) in [5.74, 6) is -2.71. The number of imide groups is 1. The van der Waals surface area contributed by atoms with Gasteiger partial charge in [-0.05, 0) is 62.1 Å². The second-order valence-electron chi connectivity index (χ2n) is 13.9. The number of nitrogens with one attached hydrogen (secondary N) is 4. The summed E-state index contributed by atoms with van der Waals surface area (Å²) >= 11 is 0. The third kappa shape index (κ3) is 21.3. The Kier molecular flexibility index (Phi) is 24.2. The molecule has 0 spiro atoms. The van der Waals surface area contributed by atoms with E-state index < -0.39 is 30.0 Å². The number of amides is 7. The molecule has 1 aliphatic heterocycles. The lowest BCUT2D eigenvalue weighted by molar-refractivity contribution is -0.137. The third-order valence-corrected chi connectivity index (χ3v) is 8.78. The highest BCUT2D eigenvalue weighted by atomic mass is 16.6. The fourth-order valence-corrected chi connectivity index (χ4v) is 5.68. The molecule has 1 aliphatic rings. The molecular weight excluding hydrogens is 740 g/mol. The predicted octanol–water partition coefficient (Wildman–Crippen LogP) is 3.35. The van der Waals surface area contributed by atoms with Gasteiger partial charge in [0.05, 0.1) is 32.5 Å². The zero-order valence-corrected chi connectivity index (χ0v) is 33.6. The first-order valence-electron chi connectivity index (χ1n) is 19.8. The maximum atomic E-state index is 13.5. The topological polar surface area (TPSA) is 234 Å². The van der Waals surface area contributed by atoms with Crippen molar-refractivity contribution in [3.63, 3.8) is 0 Å². The number of carbonyl (C=O) groups is 7. The van der Waals surface area contributed by atoms with Gasteiger partial charge in [-0.1, -0.05) is 39.3 Å². The highest BCUT2D eigenvalue weighted by Crippen LogP contribution is 2.20. The predicted molar refractivity (Wildman–Crippen MR) is 212 cm³/mol. The van der Waals surface area contributed by atoms with Crippen molar-refractivity contribution in [1.82, 2.24) is 20.9 Å². The number of urea groups is 1. The van der Waals surface area contributed by atoms with Crippen molar-refractivity contribution in [3.05, 3.63) is 42.0 Å². The first-order chi connectivity index (χ1) is 27.4. The van der Waals surface area contributed by atoms with Crippen molar-refractivity contribution in [1.29, 1.82) is 0 Å². The summed E-state index contributed by atoms with van der Waals surface area (Å²) < 4.78 is 21.5. The zero-order chi connectivity index (χ0) is 41.8. The van der Waals surface area contributed by atoms with E-state index in [1.807, 2.05) is 20.8 Å². The number of anilines is 1. The van der Waals surface area contributed by atoms with Crippen molar-refractivity contribution >= 4 is 47.2 Å². The Bertz CT molecular complexity index is 1440. The van der Waals surface area contributed by atoms with Gasteiger partial charge in [-0.3, -0.25) is 28.9 Å². The van der Waals surface area contributed by atoms with Gasteiger partial charge < -0.3 is 45.9 Å². The maximum absolute atomic E-state index is 13.5. The standard InChI is InChI=1S/C40H62N6O11/c1-4-21-54-23-25-56-26-24-55-22-9-19-43-40(53)57-28-30-12-14-32(15-13-30)44-38(51)31(10-8-18-42-39(41)52)27-33(47)37(29(2)3)45-34(48)11-6-5-7-20-46-35(49)16-17-36(46)50/h12-17,29,31,37H,4-11,18-28H2,1-3H3,(H,43,53)(H,44,51)(H,45,48)(H3,41,42,52)/t31-,37+/m1/s1. The Morgan fingerprint density at radius 3 is 2.04 bits per heavy atom. The molecule has 1 heterocycles. The minimum Gasteiger partial charge on any atom is -0.445 e. The van der Waals surface area contributed by atoms with E-state index in [0.717, 1.165) is 17.9 Å². The summed E-state index contributed by atoms with van der Waals surface area (Å²) in [6, 6.07) is 5.22. The zero-order valence-electron chi connectivity index (χ0n) is 33.6. The van der Waals surface area contributed by atoms with E-state index in [1.165, 1.54) is 12.2 Å². The second kappa shape index (κ2) is 28.5. The van der Waals surface area contributed by atoms with Crippen LogP contribution in [0, 0.1) is 11.8 Å². The number of rotatable bonds is 31. The summed E-state index contributed by atoms with van der Waals surface area (Å²) in [7, 11) is 0. The van der Waals surface area contributed by atoms with Gasteiger partial charge in [0.1, 0.15) is 6.61 Å². The molecule has 17 heteroatoms. The second-order valence-corrected chi connectivity index (χ2v) is 13.9. The van der Waals surface area contributed by atoms with E-state index >= 15 is 0 Å². The highest BCUT2D eigenvalue weighted by molar-refractivity contribution is 6.12. The lowest BCUT2D eigenvalue weighted by atomic mass is 9.89. The summed E-state index contributed by atoms with van der Waals surface area (Å²) in [6.45, 7) is 9.77. The molecule has 57 heavy (non-hydrogen) atoms. The molecule has 0 bridgehead atoms. The monoisotopic (exact) mass is 802 g/mol. The summed E-state index contributed by atoms with van der Waals surface area (Å²) in [5, 5.41) is 10.8. The third-order valence-electron chi connectivity index (χ3n) is 8.78. The molecule has 0 unspecified atom stereocenters. The highest BCUT2D eigenvalue weighted by Gasteiger charge is 2.29. The number of nitrogens with two attached hydrogens (primary N) is 1. The minimum atomic E-state index is -0.821. The largest absolute Gasteiger partial charge is 0.445 e. The Morgan fingerprint density at radius 1 is 0.772 bits per heavy atom. The van der Waals surface area contributed by atoms with Crippen molar-refractivity contribution in [2.24, 2.45) is 17.6 Å². The minimum absolute atomic E-state index is 0.0144. The summed E-state index contributed by atoms with van der Waals surface area (Å²) in [4.78, 5) is 87.7. The van der Waals surface area contributed by atoms with Crippen LogP contribution in [0.4, 0.5) is 15.3 Å². The molecule has 1 aromatic carbocycles. The van der Waals surface area contributed by atoms with Crippen LogP contribution in [0.25, 0.3) is 0 Å². The molecule has 0 fully saturated rings. The first-order valence-corrected chi connectivity index (χ1v) is 19.8. The number of benzene rings is 1. The molecule has 0 saturated heterocycles. The molecule has 318 valence electrons. The Hall–Kier alpha value is -4.87. The number of alkyl carbamates (subject to hydrolysis) is 1. The number of ether oxygens (including phenoxy) is 4. The van der Waals surface area contributed by atoms with Gasteiger partial charge in [-0.25, -0.2) is 9.59 Å². The average Bonchev–Trinajstić information content (AvgIpc) is 3.50. The van der Waals surface area contributed by atoms with E-state index in [9.17, 15) is 33.6 Å². The van der Waals surface area contributed by atoms with Crippen LogP contribution in [0.2, 0.25) is 0 Å². The molecule has 6 N–H and O–H groups in total. The van der Waals surface area contributed by atoms with Crippen molar-refractivity contribution in [2.45, 2.75) is 91.2 Å². The number of primary amides is 1. The van der Waals surface area contributed by atoms with Crippen LogP contribution in [0.3, 0.4) is 0 Å². The molecule has 0 aromatic heterocycles. The molecule has 0 saturated carbocycles. The smallest absolute Gasteiger partial charge is 0.407 e. The van der Waals surface area contributed by atoms with E-state index in [0.29, 0.717) is 82.9 Å². The van der Waals surface area contributed by atoms with Crippen LogP contribution in [-0.2, 0) is 49.5 Å². The van der Waals surface area contributed by atoms with E-state index in [2.05, 4.69) is 21.3 Å². The Labute approximate surface area is 335 Å². The molecular formula is C40H62N6O11. The SMILES string of the molecule is CCCOCCOCCOCCCNC(=O)OCc1ccc(NC(=O)[C@H](CCCNC(N)=O)CC(=O)[C@@H](NC(=O)CCCCCN2C(=O)C=CC2=O)C(C)C)cc1. The Morgan fingerprint density at radius 2 is 1.40 bits per heavy atom. The van der Waals surface area contributed by atoms with Gasteiger partial charge in [0.15, 0.2) is 5.78 Å². The van der Waals surface area contributed by atoms with Crippen molar-refractivity contribution < 1.29 is 52.5 Å². The van der Waals surface area contributed by atoms with Crippen molar-refractivity contribution in [3.8, 4) is 0 Å². The fraction of sp³-hybridized carbons (Fsp3) is 0.625. The van der Waals surface area contributed by atoms with Crippen LogP contribution in [0.15, 0.2) is 36.4 Å². The van der Waals surface area contributed by atoms with Crippen LogP contribution < -0.4 is 27.0 Å². The number of Topliss-reactive ketones (excluding diaryl/α,β-unsaturated/α-hetero) is 1. The normalized spacial score (nSPS) is 13.4. The van der Waals surface area contributed by atoms with Gasteiger partial charge >= 0.3 is 12.1 Å². The summed E-state index contributed by atoms with van der Waals surface area (Å²) in [6.07, 6.45) is 5.82. The lowest BCUT2D eigenvalue weighted by Crippen LogP contribution is -2.45. The van der Waals surface area contributed by atoms with Gasteiger partial charge in [0, 0.05) is 69.4 Å². The van der Waals surface area contributed by atoms with Gasteiger partial charge in [-0.2, -0.15) is 0 Å². The summed E-state index contributed by atoms with van der Waals surface area (Å²) in [5.41, 5.74) is 6.34. The van der Waals surface area contributed by atoms with Gasteiger partial charge in [0.2, 0.25) is 11.8 Å². The molecule has 17 nitrogen and oxygen atoms in total. The first kappa shape index (κ1) is 48.3. The van der Waals surface area contributed by atoms with Crippen LogP contribution >= 0.6 is 0 Å². The van der Waals surface area contributed by atoms with Crippen LogP contribution in [-0.4, -0.2) is 112 Å². The number of hydrogen-bond acceptors (Lipinski definition) is 11. The molecule has 7 amide bonds. The van der Waals surface area contributed by atoms with E-state index in [4.69, 9.17) is 24.7 Å². The van der Waals surface area contributed by atoms with Gasteiger partial charge in [0.25, 0.3) is 11.8 Å². The quantitative estimate of drug-likeness (QED) is 0.0540. The molecule has 0 aliphatic carbocycles. The van der Waals surface area contributed by atoms with Crippen molar-refractivity contribution in [2.75, 3.05) is 64.6 Å². The molecule has 0 radical (unpaired) electrons. The van der Waals surface area contributed by atoms with E-state index in [-0.39, 0.29) is 68.4 Å². The lowest BCUT2D eigenvalue weighted by Gasteiger charge is -2.24. The fourth-order valence-electron chi connectivity index (χ4n) is 5.68. The number of unbranched alkanes of at least 4 members (excludes halogenated alkanes) is 2. The van der Waals surface area contributed by atoms with Crippen LogP contribution in [0.1, 0.15) is 84.1 Å². The number of nitrogens with zero attached hydrogens (tertiary/aromatic N) is 1. The van der Waals surface area contributed by atoms with E-state index in [1.54, 1.807) is 24.3 Å². The Balaban J connectivity index is 1.79.